The highest BCUT2D eigenvalue weighted by molar-refractivity contribution is 5.98. The maximum atomic E-state index is 9.35. The minimum absolute atomic E-state index is 0.627. The summed E-state index contributed by atoms with van der Waals surface area (Å²) in [5, 5.41) is 12.8. The topological polar surface area (TPSA) is 52.0 Å². The van der Waals surface area contributed by atoms with Gasteiger partial charge in [0.05, 0.1) is 0 Å². The molecule has 3 rings (SSSR count). The Morgan fingerprint density at radius 2 is 1.68 bits per heavy atom. The summed E-state index contributed by atoms with van der Waals surface area (Å²) >= 11 is 0. The van der Waals surface area contributed by atoms with Gasteiger partial charge in [-0.3, -0.25) is 9.88 Å². The zero-order valence-electron chi connectivity index (χ0n) is 12.5. The minimum Gasteiger partial charge on any atom is -0.409 e. The summed E-state index contributed by atoms with van der Waals surface area (Å²) in [6.07, 6.45) is 3.43. The van der Waals surface area contributed by atoms with Gasteiger partial charge in [-0.15, -0.1) is 0 Å². The number of nitrogens with zero attached hydrogens (tertiary/aromatic N) is 4. The molecule has 1 aliphatic rings. The Bertz CT molecular complexity index is 607. The molecule has 1 N–H and O–H groups in total. The lowest BCUT2D eigenvalue weighted by Crippen LogP contribution is -2.48. The Labute approximate surface area is 130 Å². The third-order valence-corrected chi connectivity index (χ3v) is 3.95. The first-order chi connectivity index (χ1) is 10.9. The van der Waals surface area contributed by atoms with E-state index in [1.165, 1.54) is 5.56 Å². The molecule has 114 valence electrons. The van der Waals surface area contributed by atoms with Gasteiger partial charge in [0.1, 0.15) is 0 Å². The van der Waals surface area contributed by atoms with Crippen LogP contribution >= 0.6 is 0 Å². The second-order valence-corrected chi connectivity index (χ2v) is 5.41. The molecule has 2 heterocycles. The van der Waals surface area contributed by atoms with Crippen LogP contribution in [0.25, 0.3) is 0 Å². The van der Waals surface area contributed by atoms with E-state index in [0.717, 1.165) is 38.3 Å². The lowest BCUT2D eigenvalue weighted by molar-refractivity contribution is 0.171. The van der Waals surface area contributed by atoms with Crippen LogP contribution in [0.4, 0.5) is 0 Å². The molecule has 1 aromatic heterocycles. The maximum Gasteiger partial charge on any atom is 0.175 e. The average Bonchev–Trinajstić information content (AvgIpc) is 2.59. The standard InChI is InChI=1S/C17H20N4O/c22-19-17(16-6-8-18-9-7-16)21-12-10-20(11-13-21)14-15-4-2-1-3-5-15/h1-9,22H,10-14H2/b19-17+. The van der Waals surface area contributed by atoms with E-state index in [2.05, 4.69) is 44.2 Å². The predicted molar refractivity (Wildman–Crippen MR) is 85.9 cm³/mol. The van der Waals surface area contributed by atoms with Crippen molar-refractivity contribution in [3.8, 4) is 0 Å². The molecule has 0 saturated carbocycles. The number of amidine groups is 1. The number of aromatic nitrogens is 1. The maximum absolute atomic E-state index is 9.35. The summed E-state index contributed by atoms with van der Waals surface area (Å²) in [6.45, 7) is 4.59. The first kappa shape index (κ1) is 14.5. The number of pyridine rings is 1. The molecular weight excluding hydrogens is 276 g/mol. The summed E-state index contributed by atoms with van der Waals surface area (Å²) < 4.78 is 0. The highest BCUT2D eigenvalue weighted by atomic mass is 16.4. The molecule has 1 aliphatic heterocycles. The van der Waals surface area contributed by atoms with Crippen LogP contribution in [0.1, 0.15) is 11.1 Å². The van der Waals surface area contributed by atoms with Gasteiger partial charge in [0.25, 0.3) is 0 Å². The molecular formula is C17H20N4O. The van der Waals surface area contributed by atoms with Gasteiger partial charge in [-0.1, -0.05) is 35.5 Å². The Morgan fingerprint density at radius 1 is 1.00 bits per heavy atom. The molecule has 1 fully saturated rings. The van der Waals surface area contributed by atoms with E-state index >= 15 is 0 Å². The molecule has 0 unspecified atom stereocenters. The number of rotatable bonds is 3. The first-order valence-electron chi connectivity index (χ1n) is 7.50. The van der Waals surface area contributed by atoms with Crippen molar-refractivity contribution >= 4 is 5.84 Å². The number of benzene rings is 1. The van der Waals surface area contributed by atoms with Crippen molar-refractivity contribution in [3.05, 3.63) is 66.0 Å². The van der Waals surface area contributed by atoms with Gasteiger partial charge in [0, 0.05) is 50.7 Å². The monoisotopic (exact) mass is 296 g/mol. The summed E-state index contributed by atoms with van der Waals surface area (Å²) in [5.74, 6) is 0.627. The van der Waals surface area contributed by atoms with Crippen LogP contribution in [-0.2, 0) is 6.54 Å². The number of oxime groups is 1. The van der Waals surface area contributed by atoms with Gasteiger partial charge in [0.15, 0.2) is 5.84 Å². The molecule has 0 aliphatic carbocycles. The van der Waals surface area contributed by atoms with Gasteiger partial charge in [-0.25, -0.2) is 0 Å². The lowest BCUT2D eigenvalue weighted by atomic mass is 10.1. The van der Waals surface area contributed by atoms with Crippen LogP contribution in [-0.4, -0.2) is 52.0 Å². The normalized spacial score (nSPS) is 16.7. The highest BCUT2D eigenvalue weighted by Gasteiger charge is 2.21. The largest absolute Gasteiger partial charge is 0.409 e. The molecule has 0 amide bonds. The zero-order valence-corrected chi connectivity index (χ0v) is 12.5. The fraction of sp³-hybridized carbons (Fsp3) is 0.294. The molecule has 22 heavy (non-hydrogen) atoms. The van der Waals surface area contributed by atoms with Crippen LogP contribution in [0.3, 0.4) is 0 Å². The molecule has 5 heteroatoms. The van der Waals surface area contributed by atoms with Crippen molar-refractivity contribution in [3.63, 3.8) is 0 Å². The van der Waals surface area contributed by atoms with Crippen molar-refractivity contribution in [1.29, 1.82) is 0 Å². The van der Waals surface area contributed by atoms with Crippen LogP contribution in [0, 0.1) is 0 Å². The van der Waals surface area contributed by atoms with E-state index in [9.17, 15) is 5.21 Å². The van der Waals surface area contributed by atoms with Crippen molar-refractivity contribution in [2.75, 3.05) is 26.2 Å². The lowest BCUT2D eigenvalue weighted by Gasteiger charge is -2.36. The Kier molecular flexibility index (Phi) is 4.65. The fourth-order valence-electron chi connectivity index (χ4n) is 2.76. The van der Waals surface area contributed by atoms with Crippen LogP contribution < -0.4 is 0 Å². The van der Waals surface area contributed by atoms with Gasteiger partial charge >= 0.3 is 0 Å². The summed E-state index contributed by atoms with van der Waals surface area (Å²) in [7, 11) is 0. The highest BCUT2D eigenvalue weighted by Crippen LogP contribution is 2.11. The van der Waals surface area contributed by atoms with Gasteiger partial charge < -0.3 is 10.1 Å². The number of hydrogen-bond donors (Lipinski definition) is 1. The fourth-order valence-corrected chi connectivity index (χ4v) is 2.76. The van der Waals surface area contributed by atoms with E-state index in [-0.39, 0.29) is 0 Å². The summed E-state index contributed by atoms with van der Waals surface area (Å²) in [5.41, 5.74) is 2.23. The van der Waals surface area contributed by atoms with Gasteiger partial charge in [0.2, 0.25) is 0 Å². The zero-order chi connectivity index (χ0) is 15.2. The molecule has 1 saturated heterocycles. The minimum atomic E-state index is 0.627. The Hall–Kier alpha value is -2.40. The second kappa shape index (κ2) is 7.04. The SMILES string of the molecule is O/N=C(\c1ccncc1)N1CCN(Cc2ccccc2)CC1. The van der Waals surface area contributed by atoms with E-state index < -0.39 is 0 Å². The van der Waals surface area contributed by atoms with E-state index in [1.807, 2.05) is 18.2 Å². The van der Waals surface area contributed by atoms with Crippen molar-refractivity contribution < 1.29 is 5.21 Å². The smallest absolute Gasteiger partial charge is 0.175 e. The third-order valence-electron chi connectivity index (χ3n) is 3.95. The van der Waals surface area contributed by atoms with Crippen molar-refractivity contribution in [2.45, 2.75) is 6.54 Å². The van der Waals surface area contributed by atoms with Crippen LogP contribution in [0.2, 0.25) is 0 Å². The van der Waals surface area contributed by atoms with E-state index in [1.54, 1.807) is 12.4 Å². The van der Waals surface area contributed by atoms with Crippen molar-refractivity contribution in [2.24, 2.45) is 5.16 Å². The molecule has 0 bridgehead atoms. The molecule has 0 spiro atoms. The van der Waals surface area contributed by atoms with Crippen LogP contribution in [0.15, 0.2) is 60.0 Å². The second-order valence-electron chi connectivity index (χ2n) is 5.41. The number of hydrogen-bond acceptors (Lipinski definition) is 4. The molecule has 1 aromatic carbocycles. The third kappa shape index (κ3) is 3.43. The van der Waals surface area contributed by atoms with Gasteiger partial charge in [-0.2, -0.15) is 0 Å². The van der Waals surface area contributed by atoms with Gasteiger partial charge in [-0.05, 0) is 17.7 Å². The average molecular weight is 296 g/mol. The molecule has 0 radical (unpaired) electrons. The summed E-state index contributed by atoms with van der Waals surface area (Å²) in [6, 6.07) is 14.2. The van der Waals surface area contributed by atoms with E-state index in [0.29, 0.717) is 5.84 Å². The molecule has 0 atom stereocenters. The number of piperazine rings is 1. The quantitative estimate of drug-likeness (QED) is 0.407. The van der Waals surface area contributed by atoms with Crippen molar-refractivity contribution in [1.82, 2.24) is 14.8 Å². The first-order valence-corrected chi connectivity index (χ1v) is 7.50. The molecule has 5 nitrogen and oxygen atoms in total. The van der Waals surface area contributed by atoms with Crippen LogP contribution in [0.5, 0.6) is 0 Å². The Morgan fingerprint density at radius 3 is 2.32 bits per heavy atom. The molecule has 2 aromatic rings. The predicted octanol–water partition coefficient (Wildman–Crippen LogP) is 2.04. The van der Waals surface area contributed by atoms with E-state index in [4.69, 9.17) is 0 Å². The summed E-state index contributed by atoms with van der Waals surface area (Å²) in [4.78, 5) is 8.55. The Balaban J connectivity index is 1.59.